The zero-order valence-corrected chi connectivity index (χ0v) is 22.6. The van der Waals surface area contributed by atoms with E-state index in [4.69, 9.17) is 0 Å². The van der Waals surface area contributed by atoms with E-state index in [0.717, 1.165) is 39.0 Å². The molecular weight excluding hydrogens is 513 g/mol. The number of anilines is 1. The molecule has 1 saturated carbocycles. The maximum atomic E-state index is 13.5. The lowest BCUT2D eigenvalue weighted by Gasteiger charge is -2.52. The number of hydrogen-bond donors (Lipinski definition) is 1. The molecule has 1 spiro atoms. The monoisotopic (exact) mass is 550 g/mol. The van der Waals surface area contributed by atoms with Crippen molar-refractivity contribution in [1.82, 2.24) is 24.3 Å². The molecule has 0 bridgehead atoms. The number of aromatic nitrogens is 3. The van der Waals surface area contributed by atoms with Crippen LogP contribution in [-0.2, 0) is 11.3 Å². The van der Waals surface area contributed by atoms with E-state index in [1.165, 1.54) is 16.4 Å². The smallest absolute Gasteiger partial charge is 0.387 e. The molecule has 3 aliphatic rings. The predicted molar refractivity (Wildman–Crippen MR) is 140 cm³/mol. The quantitative estimate of drug-likeness (QED) is 0.612. The summed E-state index contributed by atoms with van der Waals surface area (Å²) in [7, 11) is 2.07. The van der Waals surface area contributed by atoms with E-state index >= 15 is 0 Å². The Bertz CT molecular complexity index is 1270. The first-order chi connectivity index (χ1) is 18.4. The van der Waals surface area contributed by atoms with Gasteiger partial charge < -0.3 is 24.4 Å². The van der Waals surface area contributed by atoms with Gasteiger partial charge in [0.1, 0.15) is 0 Å². The summed E-state index contributed by atoms with van der Waals surface area (Å²) < 4.78 is 40.2. The van der Waals surface area contributed by atoms with E-state index in [-0.39, 0.29) is 31.6 Å². The normalized spacial score (nSPS) is 25.0. The Labute approximate surface area is 225 Å². The maximum absolute atomic E-state index is 13.5. The largest absolute Gasteiger partial charge is 0.389 e. The number of likely N-dealkylation sites (N-methyl/N-ethyl adjacent to an activating group) is 1. The van der Waals surface area contributed by atoms with Crippen molar-refractivity contribution >= 4 is 22.8 Å². The van der Waals surface area contributed by atoms with Crippen LogP contribution in [0.15, 0.2) is 23.3 Å². The molecule has 2 aromatic heterocycles. The highest BCUT2D eigenvalue weighted by atomic mass is 19.4. The lowest BCUT2D eigenvalue weighted by molar-refractivity contribution is -0.172. The third-order valence-electron chi connectivity index (χ3n) is 9.03. The number of hydrogen-bond acceptors (Lipinski definition) is 7. The first-order valence-corrected chi connectivity index (χ1v) is 13.8. The molecular formula is C27H37F3N6O3. The second-order valence-electron chi connectivity index (χ2n) is 11.8. The van der Waals surface area contributed by atoms with Gasteiger partial charge in [-0.15, -0.1) is 0 Å². The zero-order valence-electron chi connectivity index (χ0n) is 22.6. The number of pyridine rings is 1. The van der Waals surface area contributed by atoms with E-state index in [9.17, 15) is 27.9 Å². The second-order valence-corrected chi connectivity index (χ2v) is 11.8. The summed E-state index contributed by atoms with van der Waals surface area (Å²) in [6, 6.07) is 1.76. The minimum atomic E-state index is -4.41. The summed E-state index contributed by atoms with van der Waals surface area (Å²) >= 11 is 0. The number of carbonyl (C=O) groups is 1. The molecule has 0 radical (unpaired) electrons. The Morgan fingerprint density at radius 3 is 2.49 bits per heavy atom. The number of piperidine rings is 1. The summed E-state index contributed by atoms with van der Waals surface area (Å²) in [5, 5.41) is 12.4. The van der Waals surface area contributed by atoms with Crippen LogP contribution in [0.3, 0.4) is 0 Å². The van der Waals surface area contributed by atoms with Gasteiger partial charge in [0.25, 0.3) is 5.56 Å². The Kier molecular flexibility index (Phi) is 7.38. The van der Waals surface area contributed by atoms with Gasteiger partial charge in [0.05, 0.1) is 29.5 Å². The molecule has 5 rings (SSSR count). The first-order valence-electron chi connectivity index (χ1n) is 13.8. The number of halogens is 3. The number of rotatable bonds is 5. The number of aliphatic hydroxyl groups is 1. The van der Waals surface area contributed by atoms with E-state index in [1.54, 1.807) is 18.5 Å². The van der Waals surface area contributed by atoms with Crippen LogP contribution in [0.5, 0.6) is 0 Å². The lowest BCUT2D eigenvalue weighted by Crippen LogP contribution is -2.62. The second kappa shape index (κ2) is 10.3. The number of nitrogens with zero attached hydrogens (tertiary/aromatic N) is 6. The molecule has 9 nitrogen and oxygen atoms in total. The van der Waals surface area contributed by atoms with Crippen LogP contribution in [0.2, 0.25) is 0 Å². The third-order valence-corrected chi connectivity index (χ3v) is 9.03. The fraction of sp³-hybridized carbons (Fsp3) is 0.704. The van der Waals surface area contributed by atoms with Crippen LogP contribution in [0.25, 0.3) is 10.9 Å². The minimum Gasteiger partial charge on any atom is -0.387 e. The molecule has 0 aromatic carbocycles. The van der Waals surface area contributed by atoms with Gasteiger partial charge in [-0.2, -0.15) is 13.2 Å². The summed E-state index contributed by atoms with van der Waals surface area (Å²) in [6.07, 6.45) is 0.842. The SMILES string of the molecule is CC(CC(F)(F)F)C(=O)N1CCC(O)(Cn2ccc3nc(N4CCN(C)CC4)ncc3c2=O)C2(CCCC2)C1. The van der Waals surface area contributed by atoms with Gasteiger partial charge in [-0.25, -0.2) is 9.97 Å². The van der Waals surface area contributed by atoms with Crippen molar-refractivity contribution in [3.05, 3.63) is 28.8 Å². The molecule has 1 amide bonds. The fourth-order valence-corrected chi connectivity index (χ4v) is 6.66. The number of alkyl halides is 3. The van der Waals surface area contributed by atoms with E-state index in [0.29, 0.717) is 29.7 Å². The highest BCUT2D eigenvalue weighted by Crippen LogP contribution is 2.51. The van der Waals surface area contributed by atoms with Gasteiger partial charge in [0.15, 0.2) is 0 Å². The van der Waals surface area contributed by atoms with E-state index < -0.39 is 35.4 Å². The Balaban J connectivity index is 1.36. The predicted octanol–water partition coefficient (Wildman–Crippen LogP) is 2.66. The van der Waals surface area contributed by atoms with Crippen molar-refractivity contribution in [2.45, 2.75) is 63.8 Å². The number of amides is 1. The molecule has 214 valence electrons. The molecule has 39 heavy (non-hydrogen) atoms. The van der Waals surface area contributed by atoms with Gasteiger partial charge in [0.2, 0.25) is 11.9 Å². The Morgan fingerprint density at radius 2 is 1.82 bits per heavy atom. The van der Waals surface area contributed by atoms with E-state index in [2.05, 4.69) is 26.8 Å². The van der Waals surface area contributed by atoms with Crippen molar-refractivity contribution in [3.8, 4) is 0 Å². The van der Waals surface area contributed by atoms with Crippen LogP contribution < -0.4 is 10.5 Å². The Morgan fingerprint density at radius 1 is 1.13 bits per heavy atom. The molecule has 2 aliphatic heterocycles. The van der Waals surface area contributed by atoms with Crippen molar-refractivity contribution < 1.29 is 23.1 Å². The molecule has 2 saturated heterocycles. The first kappa shape index (κ1) is 27.8. The standard InChI is InChI=1S/C27H37F3N6O3/c1-19(15-27(28,29)30)22(37)36-10-8-26(39,25(17-36)6-3-4-7-25)18-35-9-5-21-20(23(35)38)16-31-24(32-21)34-13-11-33(2)12-14-34/h5,9,16,19,39H,3-4,6-8,10-15,17-18H2,1-2H3. The topological polar surface area (TPSA) is 94.8 Å². The molecule has 2 aromatic rings. The van der Waals surface area contributed by atoms with Crippen molar-refractivity contribution in [3.63, 3.8) is 0 Å². The van der Waals surface area contributed by atoms with Gasteiger partial charge in [0, 0.05) is 63.0 Å². The van der Waals surface area contributed by atoms with Crippen LogP contribution >= 0.6 is 0 Å². The average molecular weight is 551 g/mol. The van der Waals surface area contributed by atoms with E-state index in [1.807, 2.05) is 0 Å². The zero-order chi connectivity index (χ0) is 28.0. The van der Waals surface area contributed by atoms with Crippen LogP contribution in [0.4, 0.5) is 19.1 Å². The van der Waals surface area contributed by atoms with Gasteiger partial charge in [-0.05, 0) is 32.4 Å². The fourth-order valence-electron chi connectivity index (χ4n) is 6.66. The summed E-state index contributed by atoms with van der Waals surface area (Å²) in [5.41, 5.74) is -1.70. The summed E-state index contributed by atoms with van der Waals surface area (Å²) in [5.74, 6) is -1.11. The van der Waals surface area contributed by atoms with Gasteiger partial charge in [-0.1, -0.05) is 19.8 Å². The molecule has 2 atom stereocenters. The highest BCUT2D eigenvalue weighted by molar-refractivity contribution is 5.79. The molecule has 4 heterocycles. The molecule has 3 fully saturated rings. The van der Waals surface area contributed by atoms with Crippen LogP contribution in [0, 0.1) is 11.3 Å². The van der Waals surface area contributed by atoms with Gasteiger partial charge >= 0.3 is 6.18 Å². The average Bonchev–Trinajstić information content (AvgIpc) is 3.36. The molecule has 1 N–H and O–H groups in total. The number of piperazine rings is 1. The number of fused-ring (bicyclic) bond motifs is 1. The third kappa shape index (κ3) is 5.50. The summed E-state index contributed by atoms with van der Waals surface area (Å²) in [4.78, 5) is 41.3. The highest BCUT2D eigenvalue weighted by Gasteiger charge is 2.56. The van der Waals surface area contributed by atoms with Crippen molar-refractivity contribution in [2.75, 3.05) is 51.2 Å². The summed E-state index contributed by atoms with van der Waals surface area (Å²) in [6.45, 7) is 5.14. The minimum absolute atomic E-state index is 0.0438. The van der Waals surface area contributed by atoms with Gasteiger partial charge in [-0.3, -0.25) is 9.59 Å². The van der Waals surface area contributed by atoms with Crippen LogP contribution in [0.1, 0.15) is 45.4 Å². The Hall–Kier alpha value is -2.73. The molecule has 2 unspecified atom stereocenters. The van der Waals surface area contributed by atoms with Crippen molar-refractivity contribution in [2.24, 2.45) is 11.3 Å². The van der Waals surface area contributed by atoms with Crippen molar-refractivity contribution in [1.29, 1.82) is 0 Å². The van der Waals surface area contributed by atoms with Crippen LogP contribution in [-0.4, -0.2) is 93.4 Å². The molecule has 12 heteroatoms. The lowest BCUT2D eigenvalue weighted by atomic mass is 9.65. The number of carbonyl (C=O) groups excluding carboxylic acids is 1. The molecule has 1 aliphatic carbocycles. The number of likely N-dealkylation sites (tertiary alicyclic amines) is 1. The maximum Gasteiger partial charge on any atom is 0.389 e.